The van der Waals surface area contributed by atoms with Crippen molar-refractivity contribution in [2.75, 3.05) is 0 Å². The van der Waals surface area contributed by atoms with E-state index in [2.05, 4.69) is 10.3 Å². The molecule has 3 aromatic rings. The number of benzene rings is 2. The normalized spacial score (nSPS) is 11.3. The van der Waals surface area contributed by atoms with Crippen molar-refractivity contribution in [3.8, 4) is 11.1 Å². The van der Waals surface area contributed by atoms with Gasteiger partial charge in [-0.3, -0.25) is 9.78 Å². The lowest BCUT2D eigenvalue weighted by Gasteiger charge is -2.11. The molecular weight excluding hydrogens is 396 g/mol. The number of amides is 1. The van der Waals surface area contributed by atoms with E-state index in [0.717, 1.165) is 18.2 Å². The molecule has 0 saturated heterocycles. The number of carbonyl (C=O) groups excluding carboxylic acids is 1. The lowest BCUT2D eigenvalue weighted by atomic mass is 10.0. The predicted octanol–water partition coefficient (Wildman–Crippen LogP) is 5.49. The molecular formula is C20H13ClF4N2O. The molecule has 0 bridgehead atoms. The van der Waals surface area contributed by atoms with Gasteiger partial charge in [0.15, 0.2) is 0 Å². The van der Waals surface area contributed by atoms with Crippen molar-refractivity contribution in [1.29, 1.82) is 0 Å². The highest BCUT2D eigenvalue weighted by Crippen LogP contribution is 2.32. The SMILES string of the molecule is O=C(NCc1ccc(C(F)(F)F)cc1Cl)c1ccc(-c2ccncc2)c(F)c1. The van der Waals surface area contributed by atoms with Crippen LogP contribution in [0, 0.1) is 5.82 Å². The molecule has 1 N–H and O–H groups in total. The number of alkyl halides is 3. The molecule has 0 unspecified atom stereocenters. The zero-order valence-electron chi connectivity index (χ0n) is 14.2. The smallest absolute Gasteiger partial charge is 0.348 e. The molecule has 0 radical (unpaired) electrons. The number of hydrogen-bond donors (Lipinski definition) is 1. The Kier molecular flexibility index (Phi) is 5.65. The molecule has 3 nitrogen and oxygen atoms in total. The third-order valence-electron chi connectivity index (χ3n) is 4.04. The first kappa shape index (κ1) is 19.8. The summed E-state index contributed by atoms with van der Waals surface area (Å²) in [6.07, 6.45) is -1.44. The van der Waals surface area contributed by atoms with Crippen molar-refractivity contribution in [3.05, 3.63) is 88.5 Å². The number of nitrogens with one attached hydrogen (secondary N) is 1. The van der Waals surface area contributed by atoms with Crippen molar-refractivity contribution in [3.63, 3.8) is 0 Å². The van der Waals surface area contributed by atoms with Gasteiger partial charge in [-0.05, 0) is 47.5 Å². The maximum atomic E-state index is 14.4. The first-order valence-corrected chi connectivity index (χ1v) is 8.47. The summed E-state index contributed by atoms with van der Waals surface area (Å²) in [5.41, 5.74) is 0.470. The minimum absolute atomic E-state index is 0.0818. The first-order valence-electron chi connectivity index (χ1n) is 8.09. The van der Waals surface area contributed by atoms with Crippen LogP contribution in [-0.2, 0) is 12.7 Å². The molecule has 0 aliphatic heterocycles. The molecule has 3 rings (SSSR count). The van der Waals surface area contributed by atoms with Gasteiger partial charge in [-0.2, -0.15) is 13.2 Å². The summed E-state index contributed by atoms with van der Waals surface area (Å²) in [5.74, 6) is -1.15. The summed E-state index contributed by atoms with van der Waals surface area (Å²) in [6.45, 7) is -0.0937. The van der Waals surface area contributed by atoms with Gasteiger partial charge >= 0.3 is 6.18 Å². The van der Waals surface area contributed by atoms with Crippen molar-refractivity contribution in [1.82, 2.24) is 10.3 Å². The molecule has 1 amide bonds. The van der Waals surface area contributed by atoms with E-state index in [4.69, 9.17) is 11.6 Å². The molecule has 1 heterocycles. The van der Waals surface area contributed by atoms with Crippen LogP contribution in [0.1, 0.15) is 21.5 Å². The zero-order chi connectivity index (χ0) is 20.3. The summed E-state index contributed by atoms with van der Waals surface area (Å²) in [6, 6.07) is 10.2. The predicted molar refractivity (Wildman–Crippen MR) is 97.3 cm³/mol. The van der Waals surface area contributed by atoms with Crippen molar-refractivity contribution >= 4 is 17.5 Å². The number of hydrogen-bond acceptors (Lipinski definition) is 2. The van der Waals surface area contributed by atoms with Crippen LogP contribution in [0.15, 0.2) is 60.9 Å². The second kappa shape index (κ2) is 7.98. The number of pyridine rings is 1. The van der Waals surface area contributed by atoms with Gasteiger partial charge < -0.3 is 5.32 Å². The molecule has 0 atom stereocenters. The highest BCUT2D eigenvalue weighted by molar-refractivity contribution is 6.31. The Labute approximate surface area is 163 Å². The fraction of sp³-hybridized carbons (Fsp3) is 0.100. The van der Waals surface area contributed by atoms with Gasteiger partial charge in [-0.15, -0.1) is 0 Å². The Morgan fingerprint density at radius 2 is 1.75 bits per heavy atom. The number of carbonyl (C=O) groups is 1. The van der Waals surface area contributed by atoms with Gasteiger partial charge in [0.2, 0.25) is 0 Å². The van der Waals surface area contributed by atoms with Gasteiger partial charge in [0.1, 0.15) is 5.82 Å². The van der Waals surface area contributed by atoms with Crippen LogP contribution in [-0.4, -0.2) is 10.9 Å². The maximum Gasteiger partial charge on any atom is 0.416 e. The fourth-order valence-electron chi connectivity index (χ4n) is 2.57. The van der Waals surface area contributed by atoms with Crippen molar-refractivity contribution in [2.45, 2.75) is 12.7 Å². The van der Waals surface area contributed by atoms with E-state index in [1.165, 1.54) is 30.6 Å². The molecule has 0 aliphatic rings. The molecule has 28 heavy (non-hydrogen) atoms. The van der Waals surface area contributed by atoms with Crippen molar-refractivity contribution < 1.29 is 22.4 Å². The van der Waals surface area contributed by atoms with Gasteiger partial charge in [0.25, 0.3) is 5.91 Å². The standard InChI is InChI=1S/C20H13ClF4N2O/c21-17-10-15(20(23,24)25)3-1-14(17)11-27-19(28)13-2-4-16(18(22)9-13)12-5-7-26-8-6-12/h1-10H,11H2,(H,27,28). The van der Waals surface area contributed by atoms with E-state index in [0.29, 0.717) is 16.7 Å². The average Bonchev–Trinajstić information content (AvgIpc) is 2.66. The third kappa shape index (κ3) is 4.48. The summed E-state index contributed by atoms with van der Waals surface area (Å²) in [5, 5.41) is 2.40. The Morgan fingerprint density at radius 1 is 1.04 bits per heavy atom. The first-order chi connectivity index (χ1) is 13.3. The summed E-state index contributed by atoms with van der Waals surface area (Å²) in [7, 11) is 0. The van der Waals surface area contributed by atoms with Crippen LogP contribution in [0.25, 0.3) is 11.1 Å². The highest BCUT2D eigenvalue weighted by atomic mass is 35.5. The van der Waals surface area contributed by atoms with Crippen LogP contribution >= 0.6 is 11.6 Å². The molecule has 2 aromatic carbocycles. The summed E-state index contributed by atoms with van der Waals surface area (Å²) in [4.78, 5) is 16.1. The molecule has 0 aliphatic carbocycles. The maximum absolute atomic E-state index is 14.4. The largest absolute Gasteiger partial charge is 0.416 e. The number of rotatable bonds is 4. The van der Waals surface area contributed by atoms with E-state index in [-0.39, 0.29) is 17.1 Å². The van der Waals surface area contributed by atoms with E-state index in [1.54, 1.807) is 12.1 Å². The molecule has 8 heteroatoms. The van der Waals surface area contributed by atoms with Crippen LogP contribution in [0.2, 0.25) is 5.02 Å². The van der Waals surface area contributed by atoms with Crippen LogP contribution in [0.4, 0.5) is 17.6 Å². The molecule has 144 valence electrons. The Balaban J connectivity index is 1.71. The van der Waals surface area contributed by atoms with E-state index >= 15 is 0 Å². The monoisotopic (exact) mass is 408 g/mol. The lowest BCUT2D eigenvalue weighted by molar-refractivity contribution is -0.137. The van der Waals surface area contributed by atoms with Crippen molar-refractivity contribution in [2.24, 2.45) is 0 Å². The van der Waals surface area contributed by atoms with Gasteiger partial charge in [0.05, 0.1) is 5.56 Å². The second-order valence-electron chi connectivity index (χ2n) is 5.92. The number of nitrogens with zero attached hydrogens (tertiary/aromatic N) is 1. The minimum atomic E-state index is -4.50. The van der Waals surface area contributed by atoms with Gasteiger partial charge in [-0.25, -0.2) is 4.39 Å². The molecule has 0 spiro atoms. The van der Waals surface area contributed by atoms with Gasteiger partial charge in [-0.1, -0.05) is 23.7 Å². The average molecular weight is 409 g/mol. The van der Waals surface area contributed by atoms with E-state index < -0.39 is 23.5 Å². The van der Waals surface area contributed by atoms with E-state index in [9.17, 15) is 22.4 Å². The summed E-state index contributed by atoms with van der Waals surface area (Å²) >= 11 is 5.86. The lowest BCUT2D eigenvalue weighted by Crippen LogP contribution is -2.23. The molecule has 0 saturated carbocycles. The van der Waals surface area contributed by atoms with Gasteiger partial charge in [0, 0.05) is 35.1 Å². The Hall–Kier alpha value is -2.93. The van der Waals surface area contributed by atoms with Crippen LogP contribution in [0.5, 0.6) is 0 Å². The van der Waals surface area contributed by atoms with Crippen LogP contribution in [0.3, 0.4) is 0 Å². The minimum Gasteiger partial charge on any atom is -0.348 e. The topological polar surface area (TPSA) is 42.0 Å². The number of halogens is 5. The number of aromatic nitrogens is 1. The Morgan fingerprint density at radius 3 is 2.36 bits per heavy atom. The fourth-order valence-corrected chi connectivity index (χ4v) is 2.81. The highest BCUT2D eigenvalue weighted by Gasteiger charge is 2.30. The quantitative estimate of drug-likeness (QED) is 0.580. The van der Waals surface area contributed by atoms with Crippen LogP contribution < -0.4 is 5.32 Å². The zero-order valence-corrected chi connectivity index (χ0v) is 15.0. The molecule has 1 aromatic heterocycles. The van der Waals surface area contributed by atoms with E-state index in [1.807, 2.05) is 0 Å². The Bertz CT molecular complexity index is 1010. The summed E-state index contributed by atoms with van der Waals surface area (Å²) < 4.78 is 52.3. The second-order valence-corrected chi connectivity index (χ2v) is 6.32. The molecule has 0 fully saturated rings. The third-order valence-corrected chi connectivity index (χ3v) is 4.39.